The van der Waals surface area contributed by atoms with Crippen molar-refractivity contribution in [2.75, 3.05) is 16.8 Å². The molecule has 0 radical (unpaired) electrons. The maximum atomic E-state index is 12.6. The summed E-state index contributed by atoms with van der Waals surface area (Å²) in [4.78, 5) is 47.7. The van der Waals surface area contributed by atoms with Gasteiger partial charge in [-0.3, -0.25) is 9.59 Å². The average molecular weight is 686 g/mol. The Morgan fingerprint density at radius 1 is 1.02 bits per heavy atom. The first-order chi connectivity index (χ1) is 23.4. The molecule has 1 aromatic heterocycles. The molecule has 0 bridgehead atoms. The van der Waals surface area contributed by atoms with Gasteiger partial charge in [-0.2, -0.15) is 0 Å². The Kier molecular flexibility index (Phi) is 11.3. The third kappa shape index (κ3) is 10.8. The van der Waals surface area contributed by atoms with Gasteiger partial charge in [-0.25, -0.2) is 14.8 Å². The molecule has 2 unspecified atom stereocenters. The van der Waals surface area contributed by atoms with Gasteiger partial charge in [-0.1, -0.05) is 30.0 Å². The molecule has 0 saturated heterocycles. The van der Waals surface area contributed by atoms with E-state index >= 15 is 0 Å². The van der Waals surface area contributed by atoms with Crippen LogP contribution in [0.3, 0.4) is 0 Å². The van der Waals surface area contributed by atoms with Crippen LogP contribution in [0.15, 0.2) is 95.4 Å². The summed E-state index contributed by atoms with van der Waals surface area (Å²) in [6, 6.07) is 15.3. The number of alkyl carbamates (subject to hydrolysis) is 1. The molecule has 1 aliphatic carbocycles. The van der Waals surface area contributed by atoms with Crippen molar-refractivity contribution in [1.29, 1.82) is 0 Å². The number of carboxylic acids is 1. The lowest BCUT2D eigenvalue weighted by atomic mass is 10.0. The molecule has 3 N–H and O–H groups in total. The number of rotatable bonds is 14. The minimum atomic E-state index is -0.729. The predicted octanol–water partition coefficient (Wildman–Crippen LogP) is 7.52. The first kappa shape index (κ1) is 35.5. The SMILES string of the molecule is CC1(NC(=O)OC(C)(C)C)C=CN(c2cnc(Sc3cccc(NC(=O)CCCCCOc4ccc(C5CC5C(=O)O)cc4)c3)cn2)C=C1. The molecule has 2 atom stereocenters. The monoisotopic (exact) mass is 685 g/mol. The van der Waals surface area contributed by atoms with Crippen LogP contribution in [-0.2, 0) is 14.3 Å². The van der Waals surface area contributed by atoms with Gasteiger partial charge in [-0.15, -0.1) is 0 Å². The second-order valence-corrected chi connectivity index (χ2v) is 14.4. The van der Waals surface area contributed by atoms with E-state index in [9.17, 15) is 14.4 Å². The summed E-state index contributed by atoms with van der Waals surface area (Å²) < 4.78 is 11.2. The zero-order chi connectivity index (χ0) is 35.0. The van der Waals surface area contributed by atoms with Gasteiger partial charge >= 0.3 is 12.1 Å². The first-order valence-corrected chi connectivity index (χ1v) is 17.2. The molecule has 2 aromatic carbocycles. The van der Waals surface area contributed by atoms with E-state index in [1.807, 2.05) is 106 Å². The number of aliphatic carboxylic acids is 1. The molecule has 1 fully saturated rings. The number of aromatic nitrogens is 2. The number of carbonyl (C=O) groups is 3. The van der Waals surface area contributed by atoms with Crippen LogP contribution >= 0.6 is 11.8 Å². The van der Waals surface area contributed by atoms with Gasteiger partial charge in [0.1, 0.15) is 16.4 Å². The van der Waals surface area contributed by atoms with E-state index in [-0.39, 0.29) is 17.7 Å². The minimum absolute atomic E-state index is 0.0393. The highest BCUT2D eigenvalue weighted by Crippen LogP contribution is 2.47. The normalized spacial score (nSPS) is 17.7. The van der Waals surface area contributed by atoms with Gasteiger partial charge in [0.2, 0.25) is 5.91 Å². The number of unbranched alkanes of at least 4 members (excludes halogenated alkanes) is 2. The second kappa shape index (κ2) is 15.6. The number of hydrogen-bond donors (Lipinski definition) is 3. The Hall–Kier alpha value is -4.84. The molecule has 11 nitrogen and oxygen atoms in total. The number of amides is 2. The van der Waals surface area contributed by atoms with Gasteiger partial charge in [0.15, 0.2) is 5.82 Å². The summed E-state index contributed by atoms with van der Waals surface area (Å²) >= 11 is 1.45. The quantitative estimate of drug-likeness (QED) is 0.146. The van der Waals surface area contributed by atoms with Crippen molar-refractivity contribution >= 4 is 41.2 Å². The maximum Gasteiger partial charge on any atom is 0.408 e. The molecule has 3 aromatic rings. The van der Waals surface area contributed by atoms with Gasteiger partial charge in [0.25, 0.3) is 0 Å². The molecule has 0 spiro atoms. The van der Waals surface area contributed by atoms with Gasteiger partial charge in [0, 0.05) is 29.4 Å². The Morgan fingerprint density at radius 3 is 2.43 bits per heavy atom. The zero-order valence-electron chi connectivity index (χ0n) is 28.2. The van der Waals surface area contributed by atoms with E-state index in [1.165, 1.54) is 11.8 Å². The average Bonchev–Trinajstić information content (AvgIpc) is 3.85. The molecule has 12 heteroatoms. The van der Waals surface area contributed by atoms with E-state index in [2.05, 4.69) is 20.6 Å². The molecule has 2 heterocycles. The number of nitrogens with zero attached hydrogens (tertiary/aromatic N) is 3. The molecule has 1 saturated carbocycles. The number of ether oxygens (including phenoxy) is 2. The van der Waals surface area contributed by atoms with Crippen LogP contribution in [0.4, 0.5) is 16.3 Å². The molecule has 5 rings (SSSR count). The fourth-order valence-corrected chi connectivity index (χ4v) is 6.00. The number of benzene rings is 2. The summed E-state index contributed by atoms with van der Waals surface area (Å²) in [5.74, 6) is 0.484. The van der Waals surface area contributed by atoms with Crippen LogP contribution in [0.1, 0.15) is 71.3 Å². The van der Waals surface area contributed by atoms with Crippen LogP contribution in [0.25, 0.3) is 0 Å². The number of nitrogens with one attached hydrogen (secondary N) is 2. The lowest BCUT2D eigenvalue weighted by molar-refractivity contribution is -0.138. The van der Waals surface area contributed by atoms with E-state index in [4.69, 9.17) is 14.6 Å². The van der Waals surface area contributed by atoms with Crippen molar-refractivity contribution in [3.05, 3.63) is 91.0 Å². The Balaban J connectivity index is 0.998. The Bertz CT molecular complexity index is 1670. The van der Waals surface area contributed by atoms with Crippen molar-refractivity contribution in [3.63, 3.8) is 0 Å². The highest BCUT2D eigenvalue weighted by Gasteiger charge is 2.44. The largest absolute Gasteiger partial charge is 0.494 e. The standard InChI is InChI=1S/C37H43N5O6S/c1-36(2,3)48-35(46)41-37(4)16-18-42(19-17-37)31-23-39-33(24-38-31)49-28-10-8-9-26(21-28)40-32(43)11-6-5-7-20-47-27-14-12-25(13-15-27)29-22-30(29)34(44)45/h8-10,12-19,21,23-24,29-30H,5-7,11,20,22H2,1-4H3,(H,40,43)(H,41,46)(H,44,45). The number of anilines is 2. The Labute approximate surface area is 291 Å². The molecule has 1 aliphatic heterocycles. The summed E-state index contributed by atoms with van der Waals surface area (Å²) in [6.07, 6.45) is 13.8. The lowest BCUT2D eigenvalue weighted by Gasteiger charge is -2.30. The molecule has 49 heavy (non-hydrogen) atoms. The lowest BCUT2D eigenvalue weighted by Crippen LogP contribution is -2.46. The van der Waals surface area contributed by atoms with Crippen LogP contribution in [-0.4, -0.2) is 50.8 Å². The van der Waals surface area contributed by atoms with Gasteiger partial charge < -0.3 is 30.1 Å². The van der Waals surface area contributed by atoms with Crippen molar-refractivity contribution in [3.8, 4) is 5.75 Å². The number of carbonyl (C=O) groups excluding carboxylic acids is 2. The topological polar surface area (TPSA) is 143 Å². The van der Waals surface area contributed by atoms with Crippen molar-refractivity contribution in [2.24, 2.45) is 5.92 Å². The molecule has 2 amide bonds. The summed E-state index contributed by atoms with van der Waals surface area (Å²) in [5, 5.41) is 15.7. The smallest absolute Gasteiger partial charge is 0.408 e. The van der Waals surface area contributed by atoms with E-state index in [0.29, 0.717) is 30.3 Å². The third-order valence-electron chi connectivity index (χ3n) is 7.89. The fraction of sp³-hybridized carbons (Fsp3) is 0.378. The fourth-order valence-electron chi connectivity index (χ4n) is 5.21. The number of carboxylic acid groups (broad SMARTS) is 1. The minimum Gasteiger partial charge on any atom is -0.494 e. The van der Waals surface area contributed by atoms with Crippen molar-refractivity contribution in [2.45, 2.75) is 86.8 Å². The first-order valence-electron chi connectivity index (χ1n) is 16.4. The van der Waals surface area contributed by atoms with Crippen LogP contribution in [0, 0.1) is 5.92 Å². The molecular formula is C37H43N5O6S. The van der Waals surface area contributed by atoms with Crippen LogP contribution < -0.4 is 20.3 Å². The van der Waals surface area contributed by atoms with E-state index < -0.39 is 23.2 Å². The highest BCUT2D eigenvalue weighted by molar-refractivity contribution is 7.99. The van der Waals surface area contributed by atoms with E-state index in [0.717, 1.165) is 41.2 Å². The predicted molar refractivity (Wildman–Crippen MR) is 189 cm³/mol. The summed E-state index contributed by atoms with van der Waals surface area (Å²) in [6.45, 7) is 7.90. The van der Waals surface area contributed by atoms with E-state index in [1.54, 1.807) is 12.4 Å². The van der Waals surface area contributed by atoms with Crippen LogP contribution in [0.2, 0.25) is 0 Å². The second-order valence-electron chi connectivity index (χ2n) is 13.4. The summed E-state index contributed by atoms with van der Waals surface area (Å²) in [5.41, 5.74) is 0.490. The maximum absolute atomic E-state index is 12.6. The van der Waals surface area contributed by atoms with Crippen molar-refractivity contribution in [1.82, 2.24) is 15.3 Å². The zero-order valence-corrected chi connectivity index (χ0v) is 29.0. The van der Waals surface area contributed by atoms with Crippen LogP contribution in [0.5, 0.6) is 5.75 Å². The molecular weight excluding hydrogens is 643 g/mol. The molecule has 258 valence electrons. The third-order valence-corrected chi connectivity index (χ3v) is 8.79. The highest BCUT2D eigenvalue weighted by atomic mass is 32.2. The van der Waals surface area contributed by atoms with Gasteiger partial charge in [-0.05, 0) is 107 Å². The summed E-state index contributed by atoms with van der Waals surface area (Å²) in [7, 11) is 0. The Morgan fingerprint density at radius 2 is 1.78 bits per heavy atom. The van der Waals surface area contributed by atoms with Gasteiger partial charge in [0.05, 0.1) is 30.5 Å². The molecule has 2 aliphatic rings. The number of hydrogen-bond acceptors (Lipinski definition) is 9. The van der Waals surface area contributed by atoms with Crippen molar-refractivity contribution < 1.29 is 29.0 Å².